The second-order valence-electron chi connectivity index (χ2n) is 5.48. The zero-order valence-corrected chi connectivity index (χ0v) is 11.7. The summed E-state index contributed by atoms with van der Waals surface area (Å²) in [7, 11) is 0. The first-order valence-electron chi connectivity index (χ1n) is 6.11. The fourth-order valence-corrected chi connectivity index (χ4v) is 1.39. The Labute approximate surface area is 105 Å². The lowest BCUT2D eigenvalue weighted by Crippen LogP contribution is -2.38. The molecule has 1 amide bonds. The minimum absolute atomic E-state index is 0.0679. The monoisotopic (exact) mass is 239 g/mol. The molecule has 0 aliphatic carbocycles. The predicted molar refractivity (Wildman–Crippen MR) is 70.6 cm³/mol. The van der Waals surface area contributed by atoms with Crippen LogP contribution in [0.15, 0.2) is 0 Å². The molecule has 0 rings (SSSR count). The summed E-state index contributed by atoms with van der Waals surface area (Å²) in [6.45, 7) is 10.9. The highest BCUT2D eigenvalue weighted by atomic mass is 16.5. The van der Waals surface area contributed by atoms with Gasteiger partial charge in [0.1, 0.15) is 0 Å². The van der Waals surface area contributed by atoms with E-state index in [4.69, 9.17) is 11.2 Å². The van der Waals surface area contributed by atoms with Crippen molar-refractivity contribution in [1.82, 2.24) is 5.32 Å². The molecule has 3 nitrogen and oxygen atoms in total. The molecule has 3 heteroatoms. The zero-order chi connectivity index (χ0) is 13.5. The number of hydrogen-bond donors (Lipinski definition) is 1. The van der Waals surface area contributed by atoms with Gasteiger partial charge >= 0.3 is 0 Å². The van der Waals surface area contributed by atoms with Crippen molar-refractivity contribution in [2.24, 2.45) is 5.41 Å². The second kappa shape index (κ2) is 6.66. The smallest absolute Gasteiger partial charge is 0.225 e. The molecule has 0 aromatic carbocycles. The molecule has 0 saturated heterocycles. The van der Waals surface area contributed by atoms with E-state index in [-0.39, 0.29) is 11.5 Å². The third-order valence-corrected chi connectivity index (χ3v) is 2.70. The molecular weight excluding hydrogens is 214 g/mol. The van der Waals surface area contributed by atoms with Gasteiger partial charge in [0.15, 0.2) is 0 Å². The third-order valence-electron chi connectivity index (χ3n) is 2.70. The van der Waals surface area contributed by atoms with Gasteiger partial charge in [-0.3, -0.25) is 4.79 Å². The van der Waals surface area contributed by atoms with Crippen molar-refractivity contribution in [2.45, 2.75) is 53.1 Å². The normalized spacial score (nSPS) is 12.0. The number of amides is 1. The number of carbonyl (C=O) groups excluding carboxylic acids is 1. The fourth-order valence-electron chi connectivity index (χ4n) is 1.39. The van der Waals surface area contributed by atoms with E-state index >= 15 is 0 Å². The molecule has 0 unspecified atom stereocenters. The van der Waals surface area contributed by atoms with Gasteiger partial charge in [-0.2, -0.15) is 0 Å². The van der Waals surface area contributed by atoms with Crippen LogP contribution in [0.2, 0.25) is 0 Å². The average molecular weight is 239 g/mol. The molecule has 1 N–H and O–H groups in total. The van der Waals surface area contributed by atoms with Crippen molar-refractivity contribution in [3.63, 3.8) is 0 Å². The summed E-state index contributed by atoms with van der Waals surface area (Å²) in [6, 6.07) is 0. The molecule has 0 bridgehead atoms. The Morgan fingerprint density at radius 3 is 2.41 bits per heavy atom. The van der Waals surface area contributed by atoms with Gasteiger partial charge in [-0.05, 0) is 27.2 Å². The molecule has 0 spiro atoms. The standard InChI is InChI=1S/C14H25NO2/c1-7-9-14(5,6)17-11-10-13(3,4)12(16)15-8-2/h1H,8-11H2,2-6H3,(H,15,16). The molecule has 98 valence electrons. The lowest BCUT2D eigenvalue weighted by Gasteiger charge is -2.27. The van der Waals surface area contributed by atoms with Crippen LogP contribution in [0, 0.1) is 17.8 Å². The lowest BCUT2D eigenvalue weighted by molar-refractivity contribution is -0.131. The van der Waals surface area contributed by atoms with Crippen LogP contribution < -0.4 is 5.32 Å². The number of nitrogens with one attached hydrogen (secondary N) is 1. The van der Waals surface area contributed by atoms with E-state index in [9.17, 15) is 4.79 Å². The quantitative estimate of drug-likeness (QED) is 0.693. The molecule has 0 heterocycles. The van der Waals surface area contributed by atoms with Crippen LogP contribution in [-0.2, 0) is 9.53 Å². The highest BCUT2D eigenvalue weighted by Gasteiger charge is 2.28. The molecule has 0 aromatic heterocycles. The number of rotatable bonds is 7. The number of carbonyl (C=O) groups is 1. The third kappa shape index (κ3) is 6.33. The zero-order valence-electron chi connectivity index (χ0n) is 11.7. The molecule has 0 aliphatic heterocycles. The molecule has 0 aromatic rings. The van der Waals surface area contributed by atoms with Gasteiger partial charge in [0.25, 0.3) is 0 Å². The molecule has 0 atom stereocenters. The number of hydrogen-bond acceptors (Lipinski definition) is 2. The van der Waals surface area contributed by atoms with Crippen molar-refractivity contribution in [3.05, 3.63) is 0 Å². The van der Waals surface area contributed by atoms with Crippen molar-refractivity contribution < 1.29 is 9.53 Å². The number of terminal acetylenes is 1. The molecule has 17 heavy (non-hydrogen) atoms. The van der Waals surface area contributed by atoms with E-state index in [0.717, 1.165) is 0 Å². The fraction of sp³-hybridized carbons (Fsp3) is 0.786. The largest absolute Gasteiger partial charge is 0.375 e. The van der Waals surface area contributed by atoms with Gasteiger partial charge < -0.3 is 10.1 Å². The van der Waals surface area contributed by atoms with Crippen LogP contribution in [0.5, 0.6) is 0 Å². The Bertz CT molecular complexity index is 287. The van der Waals surface area contributed by atoms with Crippen molar-refractivity contribution in [3.8, 4) is 12.3 Å². The molecular formula is C14H25NO2. The maximum Gasteiger partial charge on any atom is 0.225 e. The van der Waals surface area contributed by atoms with Crippen LogP contribution >= 0.6 is 0 Å². The van der Waals surface area contributed by atoms with Gasteiger partial charge in [0.05, 0.1) is 5.60 Å². The first kappa shape index (κ1) is 16.0. The van der Waals surface area contributed by atoms with Gasteiger partial charge in [-0.15, -0.1) is 12.3 Å². The predicted octanol–water partition coefficient (Wildman–Crippen LogP) is 2.36. The van der Waals surface area contributed by atoms with Gasteiger partial charge in [-0.25, -0.2) is 0 Å². The van der Waals surface area contributed by atoms with E-state index in [1.165, 1.54) is 0 Å². The Morgan fingerprint density at radius 2 is 1.94 bits per heavy atom. The summed E-state index contributed by atoms with van der Waals surface area (Å²) < 4.78 is 5.71. The van der Waals surface area contributed by atoms with E-state index in [1.807, 2.05) is 34.6 Å². The average Bonchev–Trinajstić information content (AvgIpc) is 2.17. The Morgan fingerprint density at radius 1 is 1.35 bits per heavy atom. The van der Waals surface area contributed by atoms with Gasteiger partial charge in [-0.1, -0.05) is 13.8 Å². The minimum atomic E-state index is -0.401. The van der Waals surface area contributed by atoms with Crippen molar-refractivity contribution >= 4 is 5.91 Å². The number of ether oxygens (including phenoxy) is 1. The topological polar surface area (TPSA) is 38.3 Å². The minimum Gasteiger partial charge on any atom is -0.375 e. The van der Waals surface area contributed by atoms with E-state index < -0.39 is 5.41 Å². The summed E-state index contributed by atoms with van der Waals surface area (Å²) >= 11 is 0. The molecule has 0 aliphatic rings. The van der Waals surface area contributed by atoms with Crippen LogP contribution in [0.25, 0.3) is 0 Å². The Hall–Kier alpha value is -1.01. The van der Waals surface area contributed by atoms with Crippen molar-refractivity contribution in [2.75, 3.05) is 13.2 Å². The molecule has 0 radical (unpaired) electrons. The highest BCUT2D eigenvalue weighted by molar-refractivity contribution is 5.81. The summed E-state index contributed by atoms with van der Waals surface area (Å²) in [6.07, 6.45) is 6.53. The van der Waals surface area contributed by atoms with Gasteiger partial charge in [0.2, 0.25) is 5.91 Å². The van der Waals surface area contributed by atoms with Crippen molar-refractivity contribution in [1.29, 1.82) is 0 Å². The molecule has 0 saturated carbocycles. The lowest BCUT2D eigenvalue weighted by atomic mass is 9.88. The summed E-state index contributed by atoms with van der Waals surface area (Å²) in [4.78, 5) is 11.7. The van der Waals surface area contributed by atoms with Crippen LogP contribution in [0.3, 0.4) is 0 Å². The molecule has 0 fully saturated rings. The maximum absolute atomic E-state index is 11.7. The Balaban J connectivity index is 4.11. The summed E-state index contributed by atoms with van der Waals surface area (Å²) in [5, 5.41) is 2.83. The summed E-state index contributed by atoms with van der Waals surface area (Å²) in [5.41, 5.74) is -0.714. The van der Waals surface area contributed by atoms with E-state index in [2.05, 4.69) is 11.2 Å². The Kier molecular flexibility index (Phi) is 6.26. The first-order chi connectivity index (χ1) is 7.75. The maximum atomic E-state index is 11.7. The SMILES string of the molecule is C#CCC(C)(C)OCCC(C)(C)C(=O)NCC. The van der Waals surface area contributed by atoms with E-state index in [1.54, 1.807) is 0 Å². The van der Waals surface area contributed by atoms with Gasteiger partial charge in [0, 0.05) is 25.0 Å². The first-order valence-corrected chi connectivity index (χ1v) is 6.11. The van der Waals surface area contributed by atoms with Crippen LogP contribution in [-0.4, -0.2) is 24.7 Å². The van der Waals surface area contributed by atoms with E-state index in [0.29, 0.717) is 26.0 Å². The second-order valence-corrected chi connectivity index (χ2v) is 5.48. The van der Waals surface area contributed by atoms with Crippen LogP contribution in [0.4, 0.5) is 0 Å². The van der Waals surface area contributed by atoms with Crippen LogP contribution in [0.1, 0.15) is 47.5 Å². The summed E-state index contributed by atoms with van der Waals surface area (Å²) in [5.74, 6) is 2.66. The highest BCUT2D eigenvalue weighted by Crippen LogP contribution is 2.22.